The van der Waals surface area contributed by atoms with Crippen LogP contribution in [0.1, 0.15) is 34.7 Å². The number of amides is 4. The first-order chi connectivity index (χ1) is 14.2. The van der Waals surface area contributed by atoms with Gasteiger partial charge in [-0.15, -0.1) is 11.3 Å². The van der Waals surface area contributed by atoms with Gasteiger partial charge in [-0.3, -0.25) is 24.5 Å². The summed E-state index contributed by atoms with van der Waals surface area (Å²) in [5, 5.41) is 9.92. The molecule has 4 amide bonds. The van der Waals surface area contributed by atoms with Gasteiger partial charge in [0, 0.05) is 47.9 Å². The predicted octanol–water partition coefficient (Wildman–Crippen LogP) is 2.41. The third kappa shape index (κ3) is 5.08. The van der Waals surface area contributed by atoms with Crippen molar-refractivity contribution in [1.29, 1.82) is 0 Å². The predicted molar refractivity (Wildman–Crippen MR) is 113 cm³/mol. The molecule has 0 unspecified atom stereocenters. The van der Waals surface area contributed by atoms with Crippen molar-refractivity contribution in [2.45, 2.75) is 13.8 Å². The molecule has 0 saturated heterocycles. The highest BCUT2D eigenvalue weighted by molar-refractivity contribution is 7.14. The average molecular weight is 426 g/mol. The molecule has 6 N–H and O–H groups in total. The number of anilines is 3. The van der Waals surface area contributed by atoms with Gasteiger partial charge in [-0.05, 0) is 24.3 Å². The van der Waals surface area contributed by atoms with Crippen molar-refractivity contribution in [3.8, 4) is 11.3 Å². The molecule has 10 nitrogen and oxygen atoms in total. The van der Waals surface area contributed by atoms with Gasteiger partial charge < -0.3 is 21.4 Å². The Bertz CT molecular complexity index is 1120. The Kier molecular flexibility index (Phi) is 5.93. The van der Waals surface area contributed by atoms with Crippen LogP contribution in [0.5, 0.6) is 0 Å². The van der Waals surface area contributed by atoms with E-state index in [1.54, 1.807) is 23.7 Å². The number of nitrogens with two attached hydrogens (primary N) is 1. The largest absolute Gasteiger partial charge is 0.364 e. The van der Waals surface area contributed by atoms with Gasteiger partial charge in [-0.25, -0.2) is 4.98 Å². The average Bonchev–Trinajstić information content (AvgIpc) is 3.29. The second-order valence-corrected chi connectivity index (χ2v) is 7.18. The van der Waals surface area contributed by atoms with Crippen LogP contribution in [-0.2, 0) is 9.59 Å². The van der Waals surface area contributed by atoms with Crippen LogP contribution in [0, 0.1) is 0 Å². The molecule has 30 heavy (non-hydrogen) atoms. The highest BCUT2D eigenvalue weighted by atomic mass is 32.1. The molecule has 11 heteroatoms. The molecule has 3 aromatic rings. The van der Waals surface area contributed by atoms with Crippen LogP contribution in [-0.4, -0.2) is 33.6 Å². The first-order valence-electron chi connectivity index (χ1n) is 8.67. The molecule has 2 heterocycles. The number of H-pyrrole nitrogens is 1. The molecule has 0 radical (unpaired) electrons. The van der Waals surface area contributed by atoms with E-state index in [-0.39, 0.29) is 23.1 Å². The minimum absolute atomic E-state index is 0.222. The number of aromatic amines is 1. The van der Waals surface area contributed by atoms with Crippen LogP contribution in [0.25, 0.3) is 11.3 Å². The lowest BCUT2D eigenvalue weighted by atomic mass is 10.1. The SMILES string of the molecule is CC(=O)Nc1cc(NC(C)=O)cc(C(=O)Nc2nc(-c3c[nH]c(C(N)=O)c3)cs2)c1. The fraction of sp³-hybridized carbons (Fsp3) is 0.105. The van der Waals surface area contributed by atoms with Gasteiger partial charge in [0.05, 0.1) is 5.69 Å². The summed E-state index contributed by atoms with van der Waals surface area (Å²) in [4.78, 5) is 53.7. The lowest BCUT2D eigenvalue weighted by Gasteiger charge is -2.10. The highest BCUT2D eigenvalue weighted by Gasteiger charge is 2.14. The third-order valence-corrected chi connectivity index (χ3v) is 4.56. The molecule has 3 rings (SSSR count). The Labute approximate surface area is 174 Å². The first-order valence-corrected chi connectivity index (χ1v) is 9.55. The van der Waals surface area contributed by atoms with E-state index < -0.39 is 11.8 Å². The van der Waals surface area contributed by atoms with E-state index in [2.05, 4.69) is 25.9 Å². The molecular formula is C19H18N6O4S. The topological polar surface area (TPSA) is 159 Å². The Morgan fingerprint density at radius 1 is 0.967 bits per heavy atom. The van der Waals surface area contributed by atoms with Crippen molar-refractivity contribution >= 4 is 51.5 Å². The normalized spacial score (nSPS) is 10.3. The lowest BCUT2D eigenvalue weighted by molar-refractivity contribution is -0.115. The quantitative estimate of drug-likeness (QED) is 0.409. The number of thiazole rings is 1. The molecule has 0 bridgehead atoms. The fourth-order valence-corrected chi connectivity index (χ4v) is 3.34. The summed E-state index contributed by atoms with van der Waals surface area (Å²) in [7, 11) is 0. The summed E-state index contributed by atoms with van der Waals surface area (Å²) >= 11 is 1.20. The van der Waals surface area contributed by atoms with Crippen LogP contribution in [0.2, 0.25) is 0 Å². The zero-order valence-corrected chi connectivity index (χ0v) is 16.8. The van der Waals surface area contributed by atoms with E-state index in [1.165, 1.54) is 37.3 Å². The Balaban J connectivity index is 1.81. The molecule has 0 aliphatic heterocycles. The number of hydrogen-bond donors (Lipinski definition) is 5. The molecule has 154 valence electrons. The maximum atomic E-state index is 12.7. The Hall–Kier alpha value is -3.99. The number of aromatic nitrogens is 2. The fourth-order valence-electron chi connectivity index (χ4n) is 2.63. The smallest absolute Gasteiger partial charge is 0.265 e. The lowest BCUT2D eigenvalue weighted by Crippen LogP contribution is -2.15. The Morgan fingerprint density at radius 2 is 1.60 bits per heavy atom. The van der Waals surface area contributed by atoms with Crippen molar-refractivity contribution in [3.63, 3.8) is 0 Å². The number of carbonyl (C=O) groups is 4. The number of carbonyl (C=O) groups excluding carboxylic acids is 4. The van der Waals surface area contributed by atoms with Crippen molar-refractivity contribution in [3.05, 3.63) is 47.1 Å². The molecule has 1 aromatic carbocycles. The van der Waals surface area contributed by atoms with Crippen molar-refractivity contribution in [1.82, 2.24) is 9.97 Å². The molecule has 0 aliphatic carbocycles. The second-order valence-electron chi connectivity index (χ2n) is 6.32. The van der Waals surface area contributed by atoms with Gasteiger partial charge in [0.2, 0.25) is 11.8 Å². The van der Waals surface area contributed by atoms with Gasteiger partial charge in [-0.1, -0.05) is 0 Å². The van der Waals surface area contributed by atoms with Crippen LogP contribution in [0.4, 0.5) is 16.5 Å². The highest BCUT2D eigenvalue weighted by Crippen LogP contribution is 2.26. The van der Waals surface area contributed by atoms with Gasteiger partial charge in [-0.2, -0.15) is 0 Å². The Morgan fingerprint density at radius 3 is 2.13 bits per heavy atom. The van der Waals surface area contributed by atoms with Gasteiger partial charge >= 0.3 is 0 Å². The number of nitrogens with zero attached hydrogens (tertiary/aromatic N) is 1. The monoisotopic (exact) mass is 426 g/mol. The van der Waals surface area contributed by atoms with Crippen molar-refractivity contribution < 1.29 is 19.2 Å². The van der Waals surface area contributed by atoms with Gasteiger partial charge in [0.25, 0.3) is 11.8 Å². The van der Waals surface area contributed by atoms with E-state index in [9.17, 15) is 19.2 Å². The van der Waals surface area contributed by atoms with Crippen LogP contribution < -0.4 is 21.7 Å². The van der Waals surface area contributed by atoms with E-state index >= 15 is 0 Å². The third-order valence-electron chi connectivity index (χ3n) is 3.80. The van der Waals surface area contributed by atoms with E-state index in [1.807, 2.05) is 0 Å². The number of primary amides is 1. The van der Waals surface area contributed by atoms with Gasteiger partial charge in [0.15, 0.2) is 5.13 Å². The van der Waals surface area contributed by atoms with E-state index in [0.717, 1.165) is 0 Å². The van der Waals surface area contributed by atoms with Crippen LogP contribution in [0.15, 0.2) is 35.8 Å². The molecule has 0 spiro atoms. The van der Waals surface area contributed by atoms with Crippen molar-refractivity contribution in [2.75, 3.05) is 16.0 Å². The summed E-state index contributed by atoms with van der Waals surface area (Å²) in [6, 6.07) is 6.09. The van der Waals surface area contributed by atoms with Gasteiger partial charge in [0.1, 0.15) is 5.69 Å². The van der Waals surface area contributed by atoms with Crippen LogP contribution >= 0.6 is 11.3 Å². The summed E-state index contributed by atoms with van der Waals surface area (Å²) in [6.45, 7) is 2.68. The standard InChI is InChI=1S/C19H18N6O4S/c1-9(26)22-13-3-11(4-14(6-13)23-10(2)27)18(29)25-19-24-16(8-30-19)12-5-15(17(20)28)21-7-12/h3-8,21H,1-2H3,(H2,20,28)(H,22,26)(H,23,27)(H,24,25,29). The first kappa shape index (κ1) is 20.7. The maximum absolute atomic E-state index is 12.7. The summed E-state index contributed by atoms with van der Waals surface area (Å²) in [6.07, 6.45) is 1.59. The summed E-state index contributed by atoms with van der Waals surface area (Å²) in [5.74, 6) is -1.68. The maximum Gasteiger partial charge on any atom is 0.265 e. The molecule has 0 aliphatic rings. The van der Waals surface area contributed by atoms with E-state index in [0.29, 0.717) is 27.8 Å². The molecule has 0 atom stereocenters. The molecule has 0 fully saturated rings. The number of hydrogen-bond acceptors (Lipinski definition) is 6. The number of nitrogens with one attached hydrogen (secondary N) is 4. The van der Waals surface area contributed by atoms with E-state index in [4.69, 9.17) is 5.73 Å². The van der Waals surface area contributed by atoms with Crippen LogP contribution in [0.3, 0.4) is 0 Å². The van der Waals surface area contributed by atoms with Crippen molar-refractivity contribution in [2.24, 2.45) is 5.73 Å². The number of benzene rings is 1. The molecule has 2 aromatic heterocycles. The second kappa shape index (κ2) is 8.57. The summed E-state index contributed by atoms with van der Waals surface area (Å²) in [5.41, 5.74) is 7.65. The zero-order valence-electron chi connectivity index (χ0n) is 16.0. The number of rotatable bonds is 6. The zero-order chi connectivity index (χ0) is 21.8. The minimum atomic E-state index is -0.584. The molecule has 0 saturated carbocycles. The molecular weight excluding hydrogens is 408 g/mol. The summed E-state index contributed by atoms with van der Waals surface area (Å²) < 4.78 is 0. The minimum Gasteiger partial charge on any atom is -0.364 e.